The molecule has 4 aromatic carbocycles. The van der Waals surface area contributed by atoms with E-state index in [1.807, 2.05) is 73.7 Å². The second-order valence-corrected chi connectivity index (χ2v) is 12.1. The maximum Gasteiger partial charge on any atom is 0.264 e. The topological polar surface area (TPSA) is 132 Å². The molecule has 0 aliphatic carbocycles. The number of aryl methyl sites for hydroxylation is 1. The van der Waals surface area contributed by atoms with E-state index in [1.54, 1.807) is 18.0 Å². The Bertz CT molecular complexity index is 2190. The Hall–Kier alpha value is -5.84. The first-order valence-electron chi connectivity index (χ1n) is 14.9. The average Bonchev–Trinajstić information content (AvgIpc) is 3.86. The second-order valence-electron chi connectivity index (χ2n) is 12.1. The van der Waals surface area contributed by atoms with Gasteiger partial charge in [0.1, 0.15) is 41.3 Å². The van der Waals surface area contributed by atoms with Crippen molar-refractivity contribution in [2.45, 2.75) is 17.8 Å². The average molecular weight is 615 g/mol. The third-order valence-electron chi connectivity index (χ3n) is 9.75. The fourth-order valence-electron chi connectivity index (χ4n) is 7.27. The number of rotatable bonds is 0. The molecule has 0 saturated heterocycles. The van der Waals surface area contributed by atoms with Gasteiger partial charge in [-0.05, 0) is 42.3 Å². The fraction of sp³-hybridized carbons (Fsp3) is 0.200. The second kappa shape index (κ2) is 9.10. The summed E-state index contributed by atoms with van der Waals surface area (Å²) in [5.74, 6) is 1.65. The highest BCUT2D eigenvalue weighted by Crippen LogP contribution is 2.53. The van der Waals surface area contributed by atoms with Crippen LogP contribution in [0.15, 0.2) is 77.3 Å². The van der Waals surface area contributed by atoms with Gasteiger partial charge in [-0.15, -0.1) is 0 Å². The van der Waals surface area contributed by atoms with Gasteiger partial charge in [0.2, 0.25) is 11.8 Å². The quantitative estimate of drug-likeness (QED) is 0.262. The molecule has 0 bridgehead atoms. The van der Waals surface area contributed by atoms with Gasteiger partial charge in [0.25, 0.3) is 5.91 Å². The number of hydrogen-bond donors (Lipinski definition) is 2. The van der Waals surface area contributed by atoms with Crippen molar-refractivity contribution in [3.05, 3.63) is 101 Å². The number of ether oxygens (including phenoxy) is 3. The lowest BCUT2D eigenvalue weighted by Gasteiger charge is -2.27. The number of benzene rings is 4. The Labute approximate surface area is 262 Å². The molecule has 6 heterocycles. The number of aromatic nitrogens is 1. The molecule has 46 heavy (non-hydrogen) atoms. The minimum absolute atomic E-state index is 0.00106. The van der Waals surface area contributed by atoms with E-state index in [0.717, 1.165) is 44.7 Å². The molecule has 3 amide bonds. The Morgan fingerprint density at radius 3 is 1.96 bits per heavy atom. The Balaban J connectivity index is 0.000000127. The molecule has 228 valence electrons. The van der Waals surface area contributed by atoms with Crippen LogP contribution in [0.1, 0.15) is 27.9 Å². The maximum atomic E-state index is 12.8. The lowest BCUT2D eigenvalue weighted by Crippen LogP contribution is -2.38. The van der Waals surface area contributed by atoms with Crippen LogP contribution >= 0.6 is 0 Å². The normalized spacial score (nSPS) is 22.6. The van der Waals surface area contributed by atoms with Gasteiger partial charge in [-0.3, -0.25) is 14.4 Å². The van der Waals surface area contributed by atoms with E-state index in [1.165, 1.54) is 0 Å². The molecule has 1 aromatic heterocycles. The smallest absolute Gasteiger partial charge is 0.264 e. The van der Waals surface area contributed by atoms with E-state index in [9.17, 15) is 14.4 Å². The highest BCUT2D eigenvalue weighted by atomic mass is 16.5. The Morgan fingerprint density at radius 1 is 0.717 bits per heavy atom. The SMILES string of the molecule is CN1C(=O)COc2cc3c(cc21)OCC31C(=O)Nc2ccccc21.Cc1noc2cc3c(cc12)C1(CO3)C(=O)Nc2ccccc21. The van der Waals surface area contributed by atoms with Crippen LogP contribution in [0, 0.1) is 6.92 Å². The molecule has 0 radical (unpaired) electrons. The zero-order valence-corrected chi connectivity index (χ0v) is 24.8. The van der Waals surface area contributed by atoms with Crippen molar-refractivity contribution in [3.63, 3.8) is 0 Å². The van der Waals surface area contributed by atoms with Crippen LogP contribution in [-0.4, -0.2) is 49.7 Å². The van der Waals surface area contributed by atoms with Crippen molar-refractivity contribution in [1.29, 1.82) is 0 Å². The summed E-state index contributed by atoms with van der Waals surface area (Å²) in [6.07, 6.45) is 0. The zero-order chi connectivity index (χ0) is 31.4. The van der Waals surface area contributed by atoms with Crippen molar-refractivity contribution < 1.29 is 33.1 Å². The lowest BCUT2D eigenvalue weighted by molar-refractivity contribution is -0.121. The standard InChI is InChI=1S/C18H14N2O4.C17H12N2O3/c1-20-13-7-14-11(6-15(13)23-8-16(20)21)18(9-24-14)10-4-2-3-5-12(10)19-17(18)22;1-9-10-6-12-15(7-14(10)22-19-9)21-8-17(12)11-4-2-3-5-13(11)18-16(17)20/h2-7H,8-9H2,1H3,(H,19,22);2-7H,8H2,1H3,(H,18,20). The summed E-state index contributed by atoms with van der Waals surface area (Å²) in [6, 6.07) is 22.8. The summed E-state index contributed by atoms with van der Waals surface area (Å²) in [5.41, 5.74) is 5.73. The van der Waals surface area contributed by atoms with Crippen molar-refractivity contribution in [1.82, 2.24) is 5.16 Å². The summed E-state index contributed by atoms with van der Waals surface area (Å²) in [5, 5.41) is 10.8. The van der Waals surface area contributed by atoms with Gasteiger partial charge in [-0.2, -0.15) is 0 Å². The van der Waals surface area contributed by atoms with Gasteiger partial charge in [0.05, 0.1) is 11.4 Å². The molecular weight excluding hydrogens is 588 g/mol. The van der Waals surface area contributed by atoms with E-state index >= 15 is 0 Å². The number of fused-ring (bicyclic) bond motifs is 10. The van der Waals surface area contributed by atoms with Crippen LogP contribution in [0.25, 0.3) is 11.0 Å². The molecule has 0 fully saturated rings. The van der Waals surface area contributed by atoms with E-state index in [0.29, 0.717) is 35.1 Å². The number of amides is 3. The zero-order valence-electron chi connectivity index (χ0n) is 24.8. The van der Waals surface area contributed by atoms with Gasteiger partial charge >= 0.3 is 0 Å². The molecule has 11 heteroatoms. The van der Waals surface area contributed by atoms with Gasteiger partial charge in [-0.1, -0.05) is 41.6 Å². The van der Waals surface area contributed by atoms with Gasteiger partial charge in [0, 0.05) is 47.1 Å². The number of anilines is 3. The van der Waals surface area contributed by atoms with E-state index in [-0.39, 0.29) is 30.9 Å². The van der Waals surface area contributed by atoms with Gasteiger partial charge in [0.15, 0.2) is 12.2 Å². The number of nitrogens with zero attached hydrogens (tertiary/aromatic N) is 2. The molecule has 5 aliphatic heterocycles. The van der Waals surface area contributed by atoms with E-state index < -0.39 is 10.8 Å². The highest BCUT2D eigenvalue weighted by molar-refractivity contribution is 6.11. The van der Waals surface area contributed by atoms with Crippen LogP contribution in [-0.2, 0) is 25.2 Å². The molecule has 2 unspecified atom stereocenters. The summed E-state index contributed by atoms with van der Waals surface area (Å²) in [4.78, 5) is 38.9. The number of carbonyl (C=O) groups is 3. The third kappa shape index (κ3) is 3.31. The lowest BCUT2D eigenvalue weighted by atomic mass is 9.77. The van der Waals surface area contributed by atoms with Crippen LogP contribution in [0.4, 0.5) is 17.1 Å². The number of nitrogens with one attached hydrogen (secondary N) is 2. The molecule has 11 nitrogen and oxygen atoms in total. The molecule has 5 aromatic rings. The van der Waals surface area contributed by atoms with Gasteiger partial charge < -0.3 is 34.3 Å². The Morgan fingerprint density at radius 2 is 1.30 bits per heavy atom. The molecule has 5 aliphatic rings. The first kappa shape index (κ1) is 26.6. The molecule has 0 saturated carbocycles. The first-order chi connectivity index (χ1) is 22.3. The predicted octanol–water partition coefficient (Wildman–Crippen LogP) is 4.44. The number of likely N-dealkylation sites (N-methyl/N-ethyl adjacent to an activating group) is 1. The fourth-order valence-corrected chi connectivity index (χ4v) is 7.27. The van der Waals surface area contributed by atoms with Gasteiger partial charge in [-0.25, -0.2) is 0 Å². The van der Waals surface area contributed by atoms with E-state index in [4.69, 9.17) is 18.7 Å². The highest BCUT2D eigenvalue weighted by Gasteiger charge is 2.55. The number of carbonyl (C=O) groups excluding carboxylic acids is 3. The first-order valence-corrected chi connectivity index (χ1v) is 14.9. The summed E-state index contributed by atoms with van der Waals surface area (Å²) < 4.78 is 22.6. The maximum absolute atomic E-state index is 12.8. The van der Waals surface area contributed by atoms with Crippen molar-refractivity contribution in [3.8, 4) is 17.2 Å². The molecular formula is C35H26N4O7. The minimum Gasteiger partial charge on any atom is -0.491 e. The predicted molar refractivity (Wildman–Crippen MR) is 167 cm³/mol. The summed E-state index contributed by atoms with van der Waals surface area (Å²) in [6.45, 7) is 2.44. The molecule has 10 rings (SSSR count). The number of para-hydroxylation sites is 2. The van der Waals surface area contributed by atoms with Crippen LogP contribution in [0.3, 0.4) is 0 Å². The summed E-state index contributed by atoms with van der Waals surface area (Å²) in [7, 11) is 1.71. The van der Waals surface area contributed by atoms with Crippen molar-refractivity contribution >= 4 is 45.8 Å². The largest absolute Gasteiger partial charge is 0.491 e. The molecule has 2 atom stereocenters. The van der Waals surface area contributed by atoms with Crippen molar-refractivity contribution in [2.24, 2.45) is 0 Å². The van der Waals surface area contributed by atoms with E-state index in [2.05, 4.69) is 15.8 Å². The summed E-state index contributed by atoms with van der Waals surface area (Å²) >= 11 is 0. The minimum atomic E-state index is -0.857. The van der Waals surface area contributed by atoms with Crippen LogP contribution in [0.5, 0.6) is 17.2 Å². The molecule has 2 N–H and O–H groups in total. The Kier molecular flexibility index (Phi) is 5.25. The third-order valence-corrected chi connectivity index (χ3v) is 9.75. The van der Waals surface area contributed by atoms with Crippen LogP contribution in [0.2, 0.25) is 0 Å². The van der Waals surface area contributed by atoms with Crippen LogP contribution < -0.4 is 29.7 Å². The number of hydrogen-bond acceptors (Lipinski definition) is 8. The molecule has 2 spiro atoms. The van der Waals surface area contributed by atoms with Crippen molar-refractivity contribution in [2.75, 3.05) is 42.4 Å². The monoisotopic (exact) mass is 614 g/mol.